The van der Waals surface area contributed by atoms with Crippen molar-refractivity contribution in [3.8, 4) is 0 Å². The smallest absolute Gasteiger partial charge is 0.294 e. The SMILES string of the molecule is FC(F)(F)c1ccccc1CN=C1C2[C@@H]3CCC[C@H]2CN(C3)C1C(c1ccccc1)c1ccccc1. The van der Waals surface area contributed by atoms with Crippen LogP contribution in [-0.2, 0) is 12.7 Å². The van der Waals surface area contributed by atoms with Crippen LogP contribution < -0.4 is 0 Å². The van der Waals surface area contributed by atoms with Gasteiger partial charge in [0.2, 0.25) is 0 Å². The first-order chi connectivity index (χ1) is 17.5. The Hall–Kier alpha value is -2.92. The van der Waals surface area contributed by atoms with Gasteiger partial charge in [-0.25, -0.2) is 0 Å². The van der Waals surface area contributed by atoms with E-state index in [1.807, 2.05) is 12.1 Å². The van der Waals surface area contributed by atoms with Gasteiger partial charge in [-0.3, -0.25) is 9.89 Å². The van der Waals surface area contributed by atoms with Gasteiger partial charge < -0.3 is 0 Å². The standard InChI is InChI=1S/C31H31F3N2/c32-31(33,34)26-17-8-7-14-23(26)18-35-29-27-24-15-9-16-25(27)20-36(19-24)30(29)28(21-10-3-1-4-11-21)22-12-5-2-6-13-22/h1-8,10-14,17,24-25,27-28,30H,9,15-16,18-20H2/t24-,25+,27?,30?. The molecule has 186 valence electrons. The van der Waals surface area contributed by atoms with Crippen molar-refractivity contribution in [2.24, 2.45) is 22.7 Å². The average molecular weight is 489 g/mol. The van der Waals surface area contributed by atoms with Crippen LogP contribution in [0.5, 0.6) is 0 Å². The van der Waals surface area contributed by atoms with Crippen LogP contribution in [0.2, 0.25) is 0 Å². The fraction of sp³-hybridized carbons (Fsp3) is 0.387. The second kappa shape index (κ2) is 9.51. The number of hydrogen-bond donors (Lipinski definition) is 0. The van der Waals surface area contributed by atoms with Crippen molar-refractivity contribution in [1.29, 1.82) is 0 Å². The van der Waals surface area contributed by atoms with Gasteiger partial charge in [0.25, 0.3) is 0 Å². The zero-order chi connectivity index (χ0) is 24.7. The molecule has 36 heavy (non-hydrogen) atoms. The molecule has 7 rings (SSSR count). The molecule has 5 atom stereocenters. The van der Waals surface area contributed by atoms with E-state index >= 15 is 0 Å². The van der Waals surface area contributed by atoms with Crippen LogP contribution in [0.1, 0.15) is 47.4 Å². The monoisotopic (exact) mass is 488 g/mol. The lowest BCUT2D eigenvalue weighted by Gasteiger charge is -2.58. The normalized spacial score (nSPS) is 28.6. The minimum Gasteiger partial charge on any atom is -0.294 e. The molecule has 2 nitrogen and oxygen atoms in total. The van der Waals surface area contributed by atoms with Crippen LogP contribution in [0.15, 0.2) is 89.9 Å². The Labute approximate surface area is 210 Å². The number of piperidine rings is 3. The molecule has 3 aromatic rings. The molecule has 3 aliphatic heterocycles. The lowest BCUT2D eigenvalue weighted by Crippen LogP contribution is -2.66. The quantitative estimate of drug-likeness (QED) is 0.371. The Morgan fingerprint density at radius 1 is 0.778 bits per heavy atom. The van der Waals surface area contributed by atoms with Crippen LogP contribution in [-0.4, -0.2) is 29.7 Å². The van der Waals surface area contributed by atoms with Crippen LogP contribution >= 0.6 is 0 Å². The van der Waals surface area contributed by atoms with Crippen LogP contribution in [0.3, 0.4) is 0 Å². The van der Waals surface area contributed by atoms with Gasteiger partial charge in [0.15, 0.2) is 0 Å². The molecule has 3 heterocycles. The summed E-state index contributed by atoms with van der Waals surface area (Å²) in [6.45, 7) is 2.18. The number of fused-ring (bicyclic) bond motifs is 1. The first kappa shape index (κ1) is 23.5. The highest BCUT2D eigenvalue weighted by atomic mass is 19.4. The Morgan fingerprint density at radius 2 is 1.33 bits per heavy atom. The highest BCUT2D eigenvalue weighted by Gasteiger charge is 2.53. The van der Waals surface area contributed by atoms with Gasteiger partial charge in [0.1, 0.15) is 0 Å². The third-order valence-corrected chi connectivity index (χ3v) is 8.53. The van der Waals surface area contributed by atoms with Crippen molar-refractivity contribution in [2.45, 2.75) is 43.9 Å². The maximum Gasteiger partial charge on any atom is 0.416 e. The summed E-state index contributed by atoms with van der Waals surface area (Å²) in [4.78, 5) is 7.73. The van der Waals surface area contributed by atoms with Gasteiger partial charge in [-0.05, 0) is 47.4 Å². The zero-order valence-electron chi connectivity index (χ0n) is 20.2. The molecule has 0 aromatic heterocycles. The van der Waals surface area contributed by atoms with Gasteiger partial charge in [-0.1, -0.05) is 85.3 Å². The van der Waals surface area contributed by atoms with Gasteiger partial charge >= 0.3 is 6.18 Å². The molecule has 0 radical (unpaired) electrons. The average Bonchev–Trinajstić information content (AvgIpc) is 2.89. The molecule has 0 N–H and O–H groups in total. The zero-order valence-corrected chi connectivity index (χ0v) is 20.2. The van der Waals surface area contributed by atoms with Gasteiger partial charge in [0.05, 0.1) is 18.2 Å². The second-order valence-electron chi connectivity index (χ2n) is 10.6. The first-order valence-electron chi connectivity index (χ1n) is 13.0. The number of alkyl halides is 3. The second-order valence-corrected chi connectivity index (χ2v) is 10.6. The van der Waals surface area contributed by atoms with E-state index in [9.17, 15) is 13.2 Å². The molecule has 1 aliphatic carbocycles. The molecule has 4 aliphatic rings. The Kier molecular flexibility index (Phi) is 6.20. The highest BCUT2D eigenvalue weighted by Crippen LogP contribution is 2.50. The van der Waals surface area contributed by atoms with Crippen molar-refractivity contribution in [3.05, 3.63) is 107 Å². The molecule has 4 bridgehead atoms. The van der Waals surface area contributed by atoms with Crippen LogP contribution in [0.4, 0.5) is 13.2 Å². The van der Waals surface area contributed by atoms with E-state index in [4.69, 9.17) is 4.99 Å². The summed E-state index contributed by atoms with van der Waals surface area (Å²) < 4.78 is 41.2. The molecule has 1 saturated carbocycles. The van der Waals surface area contributed by atoms with Crippen LogP contribution in [0, 0.1) is 17.8 Å². The molecule has 0 amide bonds. The molecule has 4 fully saturated rings. The van der Waals surface area contributed by atoms with Crippen molar-refractivity contribution >= 4 is 5.71 Å². The number of hydrogen-bond acceptors (Lipinski definition) is 2. The summed E-state index contributed by atoms with van der Waals surface area (Å²) in [5, 5.41) is 0. The van der Waals surface area contributed by atoms with E-state index in [0.29, 0.717) is 17.8 Å². The van der Waals surface area contributed by atoms with Crippen molar-refractivity contribution in [1.82, 2.24) is 4.90 Å². The van der Waals surface area contributed by atoms with Gasteiger partial charge in [-0.2, -0.15) is 13.2 Å². The van der Waals surface area contributed by atoms with E-state index in [1.54, 1.807) is 12.1 Å². The summed E-state index contributed by atoms with van der Waals surface area (Å²) >= 11 is 0. The van der Waals surface area contributed by atoms with Gasteiger partial charge in [0, 0.05) is 30.6 Å². The minimum atomic E-state index is -4.38. The molecule has 5 heteroatoms. The predicted molar refractivity (Wildman–Crippen MR) is 137 cm³/mol. The summed E-state index contributed by atoms with van der Waals surface area (Å²) in [5.41, 5.74) is 3.27. The van der Waals surface area contributed by atoms with Crippen LogP contribution in [0.25, 0.3) is 0 Å². The third-order valence-electron chi connectivity index (χ3n) is 8.53. The lowest BCUT2D eigenvalue weighted by atomic mass is 9.59. The van der Waals surface area contributed by atoms with E-state index in [1.165, 1.54) is 42.5 Å². The molecular formula is C31H31F3N2. The summed E-state index contributed by atoms with van der Waals surface area (Å²) in [6, 6.07) is 27.0. The maximum atomic E-state index is 13.7. The molecular weight excluding hydrogens is 457 g/mol. The molecule has 3 unspecified atom stereocenters. The largest absolute Gasteiger partial charge is 0.416 e. The number of aliphatic imine (C=N–C) groups is 1. The number of rotatable bonds is 5. The topological polar surface area (TPSA) is 15.6 Å². The summed E-state index contributed by atoms with van der Waals surface area (Å²) in [7, 11) is 0. The Balaban J connectivity index is 1.46. The first-order valence-corrected chi connectivity index (χ1v) is 13.0. The van der Waals surface area contributed by atoms with Crippen molar-refractivity contribution < 1.29 is 13.2 Å². The van der Waals surface area contributed by atoms with E-state index in [-0.39, 0.29) is 24.1 Å². The number of benzene rings is 3. The van der Waals surface area contributed by atoms with Crippen molar-refractivity contribution in [2.75, 3.05) is 13.1 Å². The molecule has 0 spiro atoms. The van der Waals surface area contributed by atoms with E-state index in [2.05, 4.69) is 53.4 Å². The number of nitrogens with zero attached hydrogens (tertiary/aromatic N) is 2. The molecule has 3 aromatic carbocycles. The molecule has 3 saturated heterocycles. The maximum absolute atomic E-state index is 13.7. The Morgan fingerprint density at radius 3 is 1.92 bits per heavy atom. The number of halogens is 3. The van der Waals surface area contributed by atoms with E-state index < -0.39 is 11.7 Å². The summed E-state index contributed by atoms with van der Waals surface area (Å²) in [6.07, 6.45) is -0.762. The lowest BCUT2D eigenvalue weighted by molar-refractivity contribution is -0.138. The highest BCUT2D eigenvalue weighted by molar-refractivity contribution is 5.95. The fourth-order valence-corrected chi connectivity index (χ4v) is 7.14. The van der Waals surface area contributed by atoms with Gasteiger partial charge in [-0.15, -0.1) is 0 Å². The Bertz CT molecular complexity index is 1170. The van der Waals surface area contributed by atoms with Crippen molar-refractivity contribution in [3.63, 3.8) is 0 Å². The minimum absolute atomic E-state index is 0.0587. The third kappa shape index (κ3) is 4.28. The van der Waals surface area contributed by atoms with E-state index in [0.717, 1.165) is 18.8 Å². The summed E-state index contributed by atoms with van der Waals surface area (Å²) in [5.74, 6) is 1.56. The predicted octanol–water partition coefficient (Wildman–Crippen LogP) is 7.21. The fourth-order valence-electron chi connectivity index (χ4n) is 7.14.